The number of imidazole rings is 1. The van der Waals surface area contributed by atoms with Crippen molar-refractivity contribution in [2.75, 3.05) is 0 Å². The predicted molar refractivity (Wildman–Crippen MR) is 67.7 cm³/mol. The van der Waals surface area contributed by atoms with Gasteiger partial charge in [0.05, 0.1) is 0 Å². The van der Waals surface area contributed by atoms with Crippen LogP contribution >= 0.6 is 0 Å². The van der Waals surface area contributed by atoms with Gasteiger partial charge in [-0.05, 0) is 0 Å². The van der Waals surface area contributed by atoms with Crippen LogP contribution in [-0.2, 0) is 0 Å². The van der Waals surface area contributed by atoms with Crippen molar-refractivity contribution < 1.29 is 14.6 Å². The molecule has 7 nitrogen and oxygen atoms in total. The molecule has 0 aliphatic heterocycles. The van der Waals surface area contributed by atoms with Gasteiger partial charge in [-0.2, -0.15) is 0 Å². The molecule has 2 heterocycles. The molecule has 8 heteroatoms. The summed E-state index contributed by atoms with van der Waals surface area (Å²) < 4.78 is 5.39. The van der Waals surface area contributed by atoms with E-state index in [0.29, 0.717) is 5.82 Å². The Morgan fingerprint density at radius 1 is 1.42 bits per heavy atom. The Kier molecular flexibility index (Phi) is 2.76. The van der Waals surface area contributed by atoms with E-state index < -0.39 is 6.16 Å². The Bertz CT molecular complexity index is 764. The molecular formula is C11H7AsN4O3. The van der Waals surface area contributed by atoms with Gasteiger partial charge in [-0.15, -0.1) is 0 Å². The summed E-state index contributed by atoms with van der Waals surface area (Å²) in [4.78, 5) is 17.3. The third-order valence-corrected chi connectivity index (χ3v) is 3.27. The minimum atomic E-state index is -1.38. The number of aromatic amines is 2. The molecule has 0 bridgehead atoms. The summed E-state index contributed by atoms with van der Waals surface area (Å²) in [5, 5.41) is 16.5. The van der Waals surface area contributed by atoms with Gasteiger partial charge in [0, 0.05) is 0 Å². The summed E-state index contributed by atoms with van der Waals surface area (Å²) in [6.07, 6.45) is -0.0556. The number of fused-ring (bicyclic) bond motifs is 1. The van der Waals surface area contributed by atoms with Gasteiger partial charge in [-0.3, -0.25) is 0 Å². The first-order valence-electron chi connectivity index (χ1n) is 5.27. The fourth-order valence-electron chi connectivity index (χ4n) is 1.74. The Hall–Kier alpha value is -2.27. The van der Waals surface area contributed by atoms with Crippen LogP contribution in [-0.4, -0.2) is 48.3 Å². The number of rotatable bonds is 2. The number of H-pyrrole nitrogens is 2. The van der Waals surface area contributed by atoms with E-state index in [-0.39, 0.29) is 5.88 Å². The summed E-state index contributed by atoms with van der Waals surface area (Å²) in [5.41, 5.74) is 1.68. The molecule has 0 unspecified atom stereocenters. The van der Waals surface area contributed by atoms with Gasteiger partial charge in [0.2, 0.25) is 0 Å². The van der Waals surface area contributed by atoms with E-state index in [1.807, 2.05) is 18.2 Å². The van der Waals surface area contributed by atoms with Gasteiger partial charge in [-0.1, -0.05) is 0 Å². The van der Waals surface area contributed by atoms with Crippen molar-refractivity contribution in [1.82, 2.24) is 20.2 Å². The van der Waals surface area contributed by atoms with E-state index in [4.69, 9.17) is 5.11 Å². The van der Waals surface area contributed by atoms with Crippen LogP contribution < -0.4 is 9.22 Å². The zero-order valence-corrected chi connectivity index (χ0v) is 11.3. The molecule has 0 atom stereocenters. The van der Waals surface area contributed by atoms with E-state index in [1.54, 1.807) is 0 Å². The number of nitrogens with one attached hydrogen (secondary N) is 2. The normalized spacial score (nSPS) is 10.8. The number of hydrogen-bond donors (Lipinski definition) is 3. The second-order valence-corrected chi connectivity index (χ2v) is 4.71. The van der Waals surface area contributed by atoms with Gasteiger partial charge in [-0.25, -0.2) is 0 Å². The van der Waals surface area contributed by atoms with Crippen LogP contribution in [0.3, 0.4) is 0 Å². The quantitative estimate of drug-likeness (QED) is 0.479. The van der Waals surface area contributed by atoms with Crippen LogP contribution in [0.5, 0.6) is 5.88 Å². The molecule has 19 heavy (non-hydrogen) atoms. The summed E-state index contributed by atoms with van der Waals surface area (Å²) in [6, 6.07) is 5.62. The van der Waals surface area contributed by atoms with Crippen LogP contribution in [0.2, 0.25) is 0 Å². The van der Waals surface area contributed by atoms with Crippen molar-refractivity contribution in [2.45, 2.75) is 0 Å². The monoisotopic (exact) mass is 318 g/mol. The molecular weight excluding hydrogens is 311 g/mol. The molecule has 0 aliphatic carbocycles. The van der Waals surface area contributed by atoms with Crippen LogP contribution in [0.1, 0.15) is 0 Å². The first-order valence-corrected chi connectivity index (χ1v) is 6.20. The molecule has 3 N–H and O–H groups in total. The van der Waals surface area contributed by atoms with E-state index in [9.17, 15) is 4.79 Å². The number of nitrogens with zero attached hydrogens (tertiary/aromatic N) is 2. The van der Waals surface area contributed by atoms with Crippen molar-refractivity contribution in [2.24, 2.45) is 0 Å². The average Bonchev–Trinajstić information content (AvgIpc) is 2.96. The SMILES string of the molecule is O=C(O)Oc1cnc(-c2ccc3n[nH]c([As])c3c2)[nH]1. The van der Waals surface area contributed by atoms with Crippen molar-refractivity contribution in [3.05, 3.63) is 24.4 Å². The standard InChI is InChI=1S/C11H7AsN4O3/c12-9-6-3-5(1-2-7(6)15-16-9)10-13-4-8(14-10)19-11(17)18/h1-4H,(H,13,14)(H,15,16)(H,17,18). The zero-order valence-electron chi connectivity index (χ0n) is 9.41. The third kappa shape index (κ3) is 2.20. The molecule has 0 spiro atoms. The predicted octanol–water partition coefficient (Wildman–Crippen LogP) is 0.804. The summed E-state index contributed by atoms with van der Waals surface area (Å²) in [5.74, 6) is 0.619. The molecule has 0 fully saturated rings. The van der Waals surface area contributed by atoms with Gasteiger partial charge in [0.1, 0.15) is 0 Å². The molecule has 0 aliphatic rings. The zero-order chi connectivity index (χ0) is 13.4. The Labute approximate surface area is 115 Å². The number of carboxylic acid groups (broad SMARTS) is 1. The Balaban J connectivity index is 2.01. The third-order valence-electron chi connectivity index (χ3n) is 2.56. The van der Waals surface area contributed by atoms with Gasteiger partial charge < -0.3 is 0 Å². The average molecular weight is 318 g/mol. The van der Waals surface area contributed by atoms with E-state index in [1.165, 1.54) is 6.20 Å². The molecule has 3 aromatic rings. The van der Waals surface area contributed by atoms with E-state index >= 15 is 0 Å². The van der Waals surface area contributed by atoms with Crippen LogP contribution in [0.25, 0.3) is 22.3 Å². The Morgan fingerprint density at radius 3 is 3.05 bits per heavy atom. The fraction of sp³-hybridized carbons (Fsp3) is 0. The van der Waals surface area contributed by atoms with Gasteiger partial charge in [0.25, 0.3) is 0 Å². The molecule has 0 saturated carbocycles. The second kappa shape index (κ2) is 4.44. The molecule has 0 amide bonds. The summed E-state index contributed by atoms with van der Waals surface area (Å²) in [6.45, 7) is 0. The van der Waals surface area contributed by atoms with Crippen LogP contribution in [0.15, 0.2) is 24.4 Å². The molecule has 3 rings (SSSR count). The fourth-order valence-corrected chi connectivity index (χ4v) is 2.22. The maximum absolute atomic E-state index is 10.4. The topological polar surface area (TPSA) is 104 Å². The summed E-state index contributed by atoms with van der Waals surface area (Å²) in [7, 11) is 0. The number of benzene rings is 1. The van der Waals surface area contributed by atoms with Crippen molar-refractivity contribution in [3.8, 4) is 17.3 Å². The number of hydrogen-bond acceptors (Lipinski definition) is 4. The Morgan fingerprint density at radius 2 is 2.26 bits per heavy atom. The first kappa shape index (κ1) is 11.8. The number of ether oxygens (including phenoxy) is 1. The van der Waals surface area contributed by atoms with Gasteiger partial charge in [0.15, 0.2) is 0 Å². The number of aromatic nitrogens is 4. The molecule has 2 aromatic heterocycles. The number of carbonyl (C=O) groups is 1. The van der Waals surface area contributed by atoms with E-state index in [0.717, 1.165) is 20.9 Å². The minimum absolute atomic E-state index is 0.0855. The van der Waals surface area contributed by atoms with Gasteiger partial charge >= 0.3 is 115 Å². The molecule has 2 radical (unpaired) electrons. The van der Waals surface area contributed by atoms with Crippen LogP contribution in [0, 0.1) is 0 Å². The maximum atomic E-state index is 10.4. The van der Waals surface area contributed by atoms with E-state index in [2.05, 4.69) is 41.8 Å². The molecule has 0 saturated heterocycles. The summed E-state index contributed by atoms with van der Waals surface area (Å²) >= 11 is 2.41. The first-order chi connectivity index (χ1) is 9.13. The molecule has 94 valence electrons. The molecule has 1 aromatic carbocycles. The van der Waals surface area contributed by atoms with Crippen molar-refractivity contribution >= 4 is 38.4 Å². The second-order valence-electron chi connectivity index (χ2n) is 3.77. The van der Waals surface area contributed by atoms with Crippen molar-refractivity contribution in [1.29, 1.82) is 0 Å². The van der Waals surface area contributed by atoms with Crippen molar-refractivity contribution in [3.63, 3.8) is 0 Å². The van der Waals surface area contributed by atoms with Crippen LogP contribution in [0.4, 0.5) is 4.79 Å².